The number of ether oxygens (including phenoxy) is 4. The van der Waals surface area contributed by atoms with Gasteiger partial charge in [-0.1, -0.05) is 12.1 Å². The van der Waals surface area contributed by atoms with Crippen LogP contribution in [0.5, 0.6) is 17.2 Å². The zero-order chi connectivity index (χ0) is 27.5. The van der Waals surface area contributed by atoms with Crippen molar-refractivity contribution in [3.63, 3.8) is 0 Å². The molecule has 2 aromatic carbocycles. The van der Waals surface area contributed by atoms with Gasteiger partial charge in [-0.3, -0.25) is 14.4 Å². The quantitative estimate of drug-likeness (QED) is 0.336. The van der Waals surface area contributed by atoms with E-state index in [0.29, 0.717) is 5.56 Å². The van der Waals surface area contributed by atoms with E-state index in [4.69, 9.17) is 24.1 Å². The molecule has 0 spiro atoms. The summed E-state index contributed by atoms with van der Waals surface area (Å²) in [7, 11) is 5.28. The third kappa shape index (κ3) is 8.09. The third-order valence-corrected chi connectivity index (χ3v) is 5.35. The van der Waals surface area contributed by atoms with Gasteiger partial charge in [0.1, 0.15) is 17.9 Å². The van der Waals surface area contributed by atoms with Crippen molar-refractivity contribution in [3.05, 3.63) is 53.3 Å². The van der Waals surface area contributed by atoms with Gasteiger partial charge in [0.2, 0.25) is 11.7 Å². The van der Waals surface area contributed by atoms with Crippen molar-refractivity contribution in [2.75, 3.05) is 28.4 Å². The highest BCUT2D eigenvalue weighted by molar-refractivity contribution is 5.99. The number of carboxylic acid groups (broad SMARTS) is 1. The predicted octanol–water partition coefficient (Wildman–Crippen LogP) is 1.72. The maximum Gasteiger partial charge on any atom is 0.328 e. The number of nitrogens with one attached hydrogen (secondary N) is 2. The Morgan fingerprint density at radius 1 is 0.892 bits per heavy atom. The Labute approximate surface area is 212 Å². The molecule has 0 unspecified atom stereocenters. The van der Waals surface area contributed by atoms with Gasteiger partial charge in [-0.05, 0) is 36.2 Å². The topological polar surface area (TPSA) is 149 Å². The first kappa shape index (κ1) is 28.9. The second-order valence-corrected chi connectivity index (χ2v) is 7.79. The van der Waals surface area contributed by atoms with Gasteiger partial charge < -0.3 is 34.7 Å². The van der Waals surface area contributed by atoms with Crippen molar-refractivity contribution < 1.29 is 47.6 Å². The number of halogens is 1. The van der Waals surface area contributed by atoms with Crippen LogP contribution in [0.4, 0.5) is 4.39 Å². The summed E-state index contributed by atoms with van der Waals surface area (Å²) in [6, 6.07) is 5.56. The molecule has 0 heterocycles. The van der Waals surface area contributed by atoms with Crippen LogP contribution in [0.15, 0.2) is 36.4 Å². The molecule has 2 aromatic rings. The average Bonchev–Trinajstić information content (AvgIpc) is 2.89. The molecule has 11 nitrogen and oxygen atoms in total. The molecule has 2 rings (SSSR count). The van der Waals surface area contributed by atoms with E-state index < -0.39 is 48.1 Å². The molecule has 0 aliphatic rings. The van der Waals surface area contributed by atoms with Gasteiger partial charge in [0.15, 0.2) is 11.5 Å². The number of benzene rings is 2. The minimum atomic E-state index is -1.32. The fraction of sp³-hybridized carbons (Fsp3) is 0.360. The molecule has 0 saturated heterocycles. The van der Waals surface area contributed by atoms with Gasteiger partial charge in [-0.15, -0.1) is 0 Å². The van der Waals surface area contributed by atoms with Crippen LogP contribution in [0, 0.1) is 5.82 Å². The summed E-state index contributed by atoms with van der Waals surface area (Å²) in [5.74, 6) is -3.31. The Bertz CT molecular complexity index is 1100. The van der Waals surface area contributed by atoms with E-state index >= 15 is 0 Å². The molecular formula is C25H29FN2O9. The second-order valence-electron chi connectivity index (χ2n) is 7.79. The molecule has 0 aromatic heterocycles. The normalized spacial score (nSPS) is 12.0. The molecular weight excluding hydrogens is 491 g/mol. The number of hydrogen-bond donors (Lipinski definition) is 3. The molecule has 200 valence electrons. The molecule has 37 heavy (non-hydrogen) atoms. The number of amides is 2. The average molecular weight is 521 g/mol. The fourth-order valence-electron chi connectivity index (χ4n) is 3.45. The van der Waals surface area contributed by atoms with Crippen LogP contribution < -0.4 is 24.8 Å². The van der Waals surface area contributed by atoms with Crippen LogP contribution in [-0.2, 0) is 25.5 Å². The SMILES string of the molecule is COC(=O)[C@@H](Cc1ccc(F)cc1)NC(=O)[C@H](CCC(=O)O)NC(=O)c1cc(OC)c(OC)c(OC)c1. The van der Waals surface area contributed by atoms with Crippen molar-refractivity contribution in [3.8, 4) is 17.2 Å². The largest absolute Gasteiger partial charge is 0.493 e. The lowest BCUT2D eigenvalue weighted by atomic mass is 10.0. The van der Waals surface area contributed by atoms with E-state index in [1.165, 1.54) is 57.7 Å². The van der Waals surface area contributed by atoms with Gasteiger partial charge in [0, 0.05) is 18.4 Å². The molecule has 0 saturated carbocycles. The zero-order valence-corrected chi connectivity index (χ0v) is 20.8. The maximum atomic E-state index is 13.2. The summed E-state index contributed by atoms with van der Waals surface area (Å²) in [4.78, 5) is 49.6. The van der Waals surface area contributed by atoms with Crippen LogP contribution in [0.2, 0.25) is 0 Å². The lowest BCUT2D eigenvalue weighted by Crippen LogP contribution is -2.52. The van der Waals surface area contributed by atoms with Crippen LogP contribution in [0.1, 0.15) is 28.8 Å². The van der Waals surface area contributed by atoms with Crippen LogP contribution in [0.25, 0.3) is 0 Å². The van der Waals surface area contributed by atoms with Gasteiger partial charge in [-0.25, -0.2) is 9.18 Å². The van der Waals surface area contributed by atoms with E-state index in [1.807, 2.05) is 0 Å². The molecule has 0 aliphatic heterocycles. The first-order valence-electron chi connectivity index (χ1n) is 11.1. The van der Waals surface area contributed by atoms with Crippen molar-refractivity contribution in [1.29, 1.82) is 0 Å². The van der Waals surface area contributed by atoms with Crippen molar-refractivity contribution in [1.82, 2.24) is 10.6 Å². The monoisotopic (exact) mass is 520 g/mol. The summed E-state index contributed by atoms with van der Waals surface area (Å²) in [6.07, 6.45) is -0.721. The van der Waals surface area contributed by atoms with E-state index in [9.17, 15) is 23.6 Å². The summed E-state index contributed by atoms with van der Waals surface area (Å²) in [5.41, 5.74) is 0.596. The molecule has 3 N–H and O–H groups in total. The predicted molar refractivity (Wildman–Crippen MR) is 128 cm³/mol. The Morgan fingerprint density at radius 3 is 1.97 bits per heavy atom. The van der Waals surface area contributed by atoms with E-state index in [1.54, 1.807) is 0 Å². The van der Waals surface area contributed by atoms with Crippen molar-refractivity contribution >= 4 is 23.8 Å². The standard InChI is InChI=1S/C25H29FN2O9/c1-34-19-12-15(13-20(35-2)22(19)36-3)23(31)27-17(9-10-21(29)30)24(32)28-18(25(33)37-4)11-14-5-7-16(26)8-6-14/h5-8,12-13,17-18H,9-11H2,1-4H3,(H,27,31)(H,28,32)(H,29,30)/t17-,18+/m0/s1. The fourth-order valence-corrected chi connectivity index (χ4v) is 3.45. The first-order chi connectivity index (χ1) is 17.6. The number of carbonyl (C=O) groups excluding carboxylic acids is 3. The maximum absolute atomic E-state index is 13.2. The van der Waals surface area contributed by atoms with Gasteiger partial charge in [0.25, 0.3) is 5.91 Å². The molecule has 2 atom stereocenters. The molecule has 12 heteroatoms. The Kier molecular flexibility index (Phi) is 10.7. The first-order valence-corrected chi connectivity index (χ1v) is 11.1. The minimum Gasteiger partial charge on any atom is -0.493 e. The lowest BCUT2D eigenvalue weighted by molar-refractivity contribution is -0.145. The number of rotatable bonds is 13. The summed E-state index contributed by atoms with van der Waals surface area (Å²) < 4.78 is 33.7. The molecule has 0 bridgehead atoms. The summed E-state index contributed by atoms with van der Waals surface area (Å²) in [5, 5.41) is 14.1. The smallest absolute Gasteiger partial charge is 0.328 e. The Hall–Kier alpha value is -4.35. The Morgan fingerprint density at radius 2 is 1.49 bits per heavy atom. The Balaban J connectivity index is 2.28. The number of carbonyl (C=O) groups is 4. The number of aliphatic carboxylic acids is 1. The molecule has 0 fully saturated rings. The van der Waals surface area contributed by atoms with Crippen LogP contribution >= 0.6 is 0 Å². The van der Waals surface area contributed by atoms with Gasteiger partial charge in [0.05, 0.1) is 28.4 Å². The summed E-state index contributed by atoms with van der Waals surface area (Å²) >= 11 is 0. The number of esters is 1. The van der Waals surface area contributed by atoms with E-state index in [-0.39, 0.29) is 35.7 Å². The lowest BCUT2D eigenvalue weighted by Gasteiger charge is -2.22. The molecule has 2 amide bonds. The molecule has 0 aliphatic carbocycles. The van der Waals surface area contributed by atoms with Gasteiger partial charge in [-0.2, -0.15) is 0 Å². The highest BCUT2D eigenvalue weighted by Crippen LogP contribution is 2.38. The molecule has 0 radical (unpaired) electrons. The zero-order valence-electron chi connectivity index (χ0n) is 20.8. The highest BCUT2D eigenvalue weighted by Gasteiger charge is 2.29. The second kappa shape index (κ2) is 13.7. The number of carboxylic acids is 1. The minimum absolute atomic E-state index is 0.0227. The van der Waals surface area contributed by atoms with Gasteiger partial charge >= 0.3 is 11.9 Å². The third-order valence-electron chi connectivity index (χ3n) is 5.35. The van der Waals surface area contributed by atoms with Crippen LogP contribution in [-0.4, -0.2) is 69.4 Å². The van der Waals surface area contributed by atoms with E-state index in [2.05, 4.69) is 10.6 Å². The highest BCUT2D eigenvalue weighted by atomic mass is 19.1. The summed E-state index contributed by atoms with van der Waals surface area (Å²) in [6.45, 7) is 0. The van der Waals surface area contributed by atoms with Crippen molar-refractivity contribution in [2.24, 2.45) is 0 Å². The number of hydrogen-bond acceptors (Lipinski definition) is 8. The van der Waals surface area contributed by atoms with Crippen molar-refractivity contribution in [2.45, 2.75) is 31.3 Å². The van der Waals surface area contributed by atoms with Crippen LogP contribution in [0.3, 0.4) is 0 Å². The van der Waals surface area contributed by atoms with E-state index in [0.717, 1.165) is 7.11 Å². The number of methoxy groups -OCH3 is 4.